The van der Waals surface area contributed by atoms with E-state index in [9.17, 15) is 19.7 Å². The van der Waals surface area contributed by atoms with Gasteiger partial charge in [0.2, 0.25) is 5.91 Å². The standard InChI is InChI=1S/C22H19ClN4O5/c1-32-16-10-11-19(20(12-16)27(30)31)26-21(28)13-24-18-5-3-2-4-17(18)22(29)25-15-8-6-14(23)7-9-15/h2-12,24H,13H2,1H3,(H,25,29)(H,26,28). The van der Waals surface area contributed by atoms with Crippen LogP contribution >= 0.6 is 11.6 Å². The molecule has 0 aliphatic heterocycles. The van der Waals surface area contributed by atoms with Crippen LogP contribution in [-0.2, 0) is 4.79 Å². The Morgan fingerprint density at radius 3 is 2.41 bits per heavy atom. The molecule has 0 aromatic heterocycles. The van der Waals surface area contributed by atoms with Crippen molar-refractivity contribution in [2.45, 2.75) is 0 Å². The van der Waals surface area contributed by atoms with Gasteiger partial charge in [-0.2, -0.15) is 0 Å². The Morgan fingerprint density at radius 1 is 1.00 bits per heavy atom. The van der Waals surface area contributed by atoms with Gasteiger partial charge in [-0.15, -0.1) is 0 Å². The summed E-state index contributed by atoms with van der Waals surface area (Å²) >= 11 is 5.86. The predicted molar refractivity (Wildman–Crippen MR) is 123 cm³/mol. The first kappa shape index (κ1) is 22.6. The van der Waals surface area contributed by atoms with Gasteiger partial charge in [-0.25, -0.2) is 0 Å². The number of nitro benzene ring substituents is 1. The number of hydrogen-bond donors (Lipinski definition) is 3. The summed E-state index contributed by atoms with van der Waals surface area (Å²) in [7, 11) is 1.39. The van der Waals surface area contributed by atoms with Crippen LogP contribution in [0.25, 0.3) is 0 Å². The molecule has 32 heavy (non-hydrogen) atoms. The van der Waals surface area contributed by atoms with Gasteiger partial charge in [0.1, 0.15) is 11.4 Å². The van der Waals surface area contributed by atoms with E-state index in [1.54, 1.807) is 48.5 Å². The number of nitrogens with one attached hydrogen (secondary N) is 3. The number of anilines is 3. The predicted octanol–water partition coefficient (Wildman–Crippen LogP) is 4.56. The number of rotatable bonds is 8. The van der Waals surface area contributed by atoms with Crippen LogP contribution in [0.3, 0.4) is 0 Å². The van der Waals surface area contributed by atoms with Gasteiger partial charge in [-0.05, 0) is 48.5 Å². The number of halogens is 1. The van der Waals surface area contributed by atoms with Crippen LogP contribution in [0.1, 0.15) is 10.4 Å². The highest BCUT2D eigenvalue weighted by Gasteiger charge is 2.18. The Kier molecular flexibility index (Phi) is 7.25. The highest BCUT2D eigenvalue weighted by atomic mass is 35.5. The largest absolute Gasteiger partial charge is 0.496 e. The molecule has 0 fully saturated rings. The van der Waals surface area contributed by atoms with Gasteiger partial charge in [-0.1, -0.05) is 23.7 Å². The average Bonchev–Trinajstić information content (AvgIpc) is 2.79. The number of methoxy groups -OCH3 is 1. The Balaban J connectivity index is 1.67. The summed E-state index contributed by atoms with van der Waals surface area (Å²) in [5.41, 5.74) is 1.07. The second-order valence-corrected chi connectivity index (χ2v) is 6.98. The van der Waals surface area contributed by atoms with E-state index in [0.717, 1.165) is 0 Å². The number of nitro groups is 1. The van der Waals surface area contributed by atoms with Crippen molar-refractivity contribution >= 4 is 46.2 Å². The molecule has 0 radical (unpaired) electrons. The maximum atomic E-state index is 12.7. The number of ether oxygens (including phenoxy) is 1. The molecule has 0 unspecified atom stereocenters. The van der Waals surface area contributed by atoms with Crippen molar-refractivity contribution in [1.29, 1.82) is 0 Å². The zero-order valence-corrected chi connectivity index (χ0v) is 17.7. The molecule has 0 aliphatic carbocycles. The summed E-state index contributed by atoms with van der Waals surface area (Å²) in [6.45, 7) is -0.214. The van der Waals surface area contributed by atoms with Crippen molar-refractivity contribution in [2.24, 2.45) is 0 Å². The van der Waals surface area contributed by atoms with E-state index in [-0.39, 0.29) is 23.8 Å². The second-order valence-electron chi connectivity index (χ2n) is 6.55. The van der Waals surface area contributed by atoms with Gasteiger partial charge in [0.15, 0.2) is 0 Å². The molecule has 10 heteroatoms. The number of hydrogen-bond acceptors (Lipinski definition) is 6. The van der Waals surface area contributed by atoms with Crippen LogP contribution in [0, 0.1) is 10.1 Å². The lowest BCUT2D eigenvalue weighted by atomic mass is 10.1. The van der Waals surface area contributed by atoms with E-state index < -0.39 is 10.8 Å². The van der Waals surface area contributed by atoms with Crippen LogP contribution in [0.15, 0.2) is 66.7 Å². The summed E-state index contributed by atoms with van der Waals surface area (Å²) in [6, 6.07) is 17.5. The summed E-state index contributed by atoms with van der Waals surface area (Å²) in [5.74, 6) is -0.596. The number of para-hydroxylation sites is 1. The molecule has 164 valence electrons. The Morgan fingerprint density at radius 2 is 1.72 bits per heavy atom. The van der Waals surface area contributed by atoms with E-state index >= 15 is 0 Å². The van der Waals surface area contributed by atoms with Gasteiger partial charge in [0, 0.05) is 16.4 Å². The first-order chi connectivity index (χ1) is 15.4. The molecular formula is C22H19ClN4O5. The number of benzene rings is 3. The van der Waals surface area contributed by atoms with E-state index in [0.29, 0.717) is 27.7 Å². The highest BCUT2D eigenvalue weighted by Crippen LogP contribution is 2.29. The zero-order valence-electron chi connectivity index (χ0n) is 16.9. The third kappa shape index (κ3) is 5.73. The fourth-order valence-electron chi connectivity index (χ4n) is 2.83. The molecule has 0 bridgehead atoms. The molecule has 0 aliphatic rings. The smallest absolute Gasteiger partial charge is 0.296 e. The van der Waals surface area contributed by atoms with Crippen LogP contribution in [0.4, 0.5) is 22.7 Å². The molecule has 2 amide bonds. The van der Waals surface area contributed by atoms with Crippen molar-refractivity contribution in [3.8, 4) is 5.75 Å². The quantitative estimate of drug-likeness (QED) is 0.338. The number of nitrogens with zero attached hydrogens (tertiary/aromatic N) is 1. The van der Waals surface area contributed by atoms with Crippen molar-refractivity contribution in [2.75, 3.05) is 29.6 Å². The van der Waals surface area contributed by atoms with Crippen molar-refractivity contribution < 1.29 is 19.2 Å². The normalized spacial score (nSPS) is 10.2. The lowest BCUT2D eigenvalue weighted by Gasteiger charge is -2.13. The van der Waals surface area contributed by atoms with Gasteiger partial charge < -0.3 is 20.7 Å². The minimum absolute atomic E-state index is 0.0383. The summed E-state index contributed by atoms with van der Waals surface area (Å²) in [4.78, 5) is 35.7. The van der Waals surface area contributed by atoms with Crippen molar-refractivity contribution in [3.63, 3.8) is 0 Å². The number of carbonyl (C=O) groups is 2. The highest BCUT2D eigenvalue weighted by molar-refractivity contribution is 6.30. The Labute approximate surface area is 188 Å². The van der Waals surface area contributed by atoms with Crippen LogP contribution in [-0.4, -0.2) is 30.4 Å². The molecule has 0 atom stereocenters. The molecule has 3 N–H and O–H groups in total. The minimum Gasteiger partial charge on any atom is -0.496 e. The van der Waals surface area contributed by atoms with Crippen LogP contribution in [0.2, 0.25) is 5.02 Å². The number of carbonyl (C=O) groups excluding carboxylic acids is 2. The number of amides is 2. The summed E-state index contributed by atoms with van der Waals surface area (Å²) in [5, 5.41) is 20.0. The van der Waals surface area contributed by atoms with Gasteiger partial charge >= 0.3 is 0 Å². The third-order valence-electron chi connectivity index (χ3n) is 4.39. The monoisotopic (exact) mass is 454 g/mol. The molecule has 0 saturated carbocycles. The van der Waals surface area contributed by atoms with Crippen LogP contribution in [0.5, 0.6) is 5.75 Å². The maximum Gasteiger partial charge on any atom is 0.296 e. The molecule has 0 spiro atoms. The van der Waals surface area contributed by atoms with E-state index in [1.165, 1.54) is 25.3 Å². The van der Waals surface area contributed by atoms with E-state index in [1.807, 2.05) is 0 Å². The molecule has 3 aromatic carbocycles. The minimum atomic E-state index is -0.609. The molecule has 0 saturated heterocycles. The molecular weight excluding hydrogens is 436 g/mol. The Hall–Kier alpha value is -4.11. The van der Waals surface area contributed by atoms with E-state index in [4.69, 9.17) is 16.3 Å². The lowest BCUT2D eigenvalue weighted by Crippen LogP contribution is -2.23. The summed E-state index contributed by atoms with van der Waals surface area (Å²) < 4.78 is 4.98. The Bertz CT molecular complexity index is 1150. The summed E-state index contributed by atoms with van der Waals surface area (Å²) in [6.07, 6.45) is 0. The first-order valence-corrected chi connectivity index (χ1v) is 9.77. The molecule has 0 heterocycles. The fraction of sp³-hybridized carbons (Fsp3) is 0.0909. The van der Waals surface area contributed by atoms with Crippen LogP contribution < -0.4 is 20.7 Å². The van der Waals surface area contributed by atoms with Gasteiger partial charge in [0.25, 0.3) is 11.6 Å². The topological polar surface area (TPSA) is 123 Å². The molecule has 3 aromatic rings. The van der Waals surface area contributed by atoms with Gasteiger partial charge in [0.05, 0.1) is 30.2 Å². The molecule has 3 rings (SSSR count). The fourth-order valence-corrected chi connectivity index (χ4v) is 2.96. The third-order valence-corrected chi connectivity index (χ3v) is 4.64. The van der Waals surface area contributed by atoms with E-state index in [2.05, 4.69) is 16.0 Å². The first-order valence-electron chi connectivity index (χ1n) is 9.39. The van der Waals surface area contributed by atoms with Gasteiger partial charge in [-0.3, -0.25) is 19.7 Å². The SMILES string of the molecule is COc1ccc(NC(=O)CNc2ccccc2C(=O)Nc2ccc(Cl)cc2)c([N+](=O)[O-])c1. The second kappa shape index (κ2) is 10.3. The lowest BCUT2D eigenvalue weighted by molar-refractivity contribution is -0.384. The van der Waals surface area contributed by atoms with Crippen molar-refractivity contribution in [3.05, 3.63) is 87.4 Å². The van der Waals surface area contributed by atoms with Crippen molar-refractivity contribution in [1.82, 2.24) is 0 Å². The molecule has 9 nitrogen and oxygen atoms in total. The average molecular weight is 455 g/mol. The zero-order chi connectivity index (χ0) is 23.1. The maximum absolute atomic E-state index is 12.7.